The minimum Gasteiger partial charge on any atom is -0.319 e. The zero-order valence-corrected chi connectivity index (χ0v) is 13.3. The van der Waals surface area contributed by atoms with Crippen LogP contribution in [-0.2, 0) is 4.79 Å². The normalized spacial score (nSPS) is 17.8. The van der Waals surface area contributed by atoms with Gasteiger partial charge in [-0.25, -0.2) is 0 Å². The van der Waals surface area contributed by atoms with Crippen LogP contribution in [0.1, 0.15) is 12.8 Å². The van der Waals surface area contributed by atoms with Crippen molar-refractivity contribution in [2.24, 2.45) is 0 Å². The predicted octanol–water partition coefficient (Wildman–Crippen LogP) is 1.64. The molecule has 1 saturated heterocycles. The minimum atomic E-state index is -0.491. The number of nitrogens with zero attached hydrogens (tertiary/aromatic N) is 2. The molecule has 22 heavy (non-hydrogen) atoms. The summed E-state index contributed by atoms with van der Waals surface area (Å²) >= 11 is 0. The number of amides is 1. The summed E-state index contributed by atoms with van der Waals surface area (Å²) in [4.78, 5) is 24.6. The number of rotatable bonds is 6. The molecule has 1 fully saturated rings. The highest BCUT2D eigenvalue weighted by atomic mass is 35.5. The van der Waals surface area contributed by atoms with E-state index in [1.807, 2.05) is 7.05 Å². The summed E-state index contributed by atoms with van der Waals surface area (Å²) in [6.45, 7) is 1.99. The number of benzene rings is 1. The molecule has 7 nitrogen and oxygen atoms in total. The van der Waals surface area contributed by atoms with Gasteiger partial charge in [-0.2, -0.15) is 0 Å². The molecule has 2 N–H and O–H groups in total. The van der Waals surface area contributed by atoms with Crippen molar-refractivity contribution in [3.8, 4) is 0 Å². The Labute approximate surface area is 135 Å². The largest absolute Gasteiger partial charge is 0.319 e. The summed E-state index contributed by atoms with van der Waals surface area (Å²) in [5.41, 5.74) is 0.163. The maximum Gasteiger partial charge on any atom is 0.292 e. The average molecular weight is 329 g/mol. The van der Waals surface area contributed by atoms with Crippen LogP contribution in [0.4, 0.5) is 11.4 Å². The van der Waals surface area contributed by atoms with Gasteiger partial charge in [0.05, 0.1) is 11.5 Å². The number of likely N-dealkylation sites (N-methyl/N-ethyl adjacent to an activating group) is 1. The van der Waals surface area contributed by atoms with Gasteiger partial charge in [0.2, 0.25) is 5.91 Å². The molecule has 1 aliphatic rings. The molecule has 8 heteroatoms. The predicted molar refractivity (Wildman–Crippen MR) is 87.5 cm³/mol. The SMILES string of the molecule is CNCC1CCCN1CC(=O)Nc1ccccc1[N+](=O)[O-].Cl. The Morgan fingerprint density at radius 3 is 2.86 bits per heavy atom. The van der Waals surface area contributed by atoms with E-state index in [1.54, 1.807) is 18.2 Å². The number of carbonyl (C=O) groups excluding carboxylic acids is 1. The summed E-state index contributed by atoms with van der Waals surface area (Å²) in [5, 5.41) is 16.7. The molecule has 1 amide bonds. The Bertz CT molecular complexity index is 527. The minimum absolute atomic E-state index is 0. The number of hydrogen-bond donors (Lipinski definition) is 2. The zero-order chi connectivity index (χ0) is 15.2. The van der Waals surface area contributed by atoms with E-state index in [0.29, 0.717) is 6.04 Å². The van der Waals surface area contributed by atoms with Crippen LogP contribution in [0.15, 0.2) is 24.3 Å². The Kier molecular flexibility index (Phi) is 7.23. The van der Waals surface area contributed by atoms with Gasteiger partial charge in [-0.3, -0.25) is 19.8 Å². The molecule has 1 aliphatic heterocycles. The van der Waals surface area contributed by atoms with E-state index < -0.39 is 4.92 Å². The Morgan fingerprint density at radius 2 is 2.18 bits per heavy atom. The van der Waals surface area contributed by atoms with Gasteiger partial charge in [-0.1, -0.05) is 12.1 Å². The Hall–Kier alpha value is -1.70. The van der Waals surface area contributed by atoms with Gasteiger partial charge in [-0.05, 0) is 32.5 Å². The van der Waals surface area contributed by atoms with Crippen molar-refractivity contribution in [3.05, 3.63) is 34.4 Å². The highest BCUT2D eigenvalue weighted by molar-refractivity contribution is 5.94. The van der Waals surface area contributed by atoms with E-state index in [4.69, 9.17) is 0 Å². The van der Waals surface area contributed by atoms with Crippen molar-refractivity contribution < 1.29 is 9.72 Å². The van der Waals surface area contributed by atoms with Crippen molar-refractivity contribution in [2.45, 2.75) is 18.9 Å². The van der Waals surface area contributed by atoms with Crippen LogP contribution in [0, 0.1) is 10.1 Å². The van der Waals surface area contributed by atoms with E-state index in [0.717, 1.165) is 25.9 Å². The third-order valence-corrected chi connectivity index (χ3v) is 3.66. The van der Waals surface area contributed by atoms with E-state index in [1.165, 1.54) is 6.07 Å². The zero-order valence-electron chi connectivity index (χ0n) is 12.4. The topological polar surface area (TPSA) is 87.5 Å². The van der Waals surface area contributed by atoms with E-state index in [9.17, 15) is 14.9 Å². The van der Waals surface area contributed by atoms with Crippen LogP contribution in [0.25, 0.3) is 0 Å². The number of anilines is 1. The quantitative estimate of drug-likeness (QED) is 0.612. The first-order valence-corrected chi connectivity index (χ1v) is 7.03. The smallest absolute Gasteiger partial charge is 0.292 e. The van der Waals surface area contributed by atoms with Crippen molar-refractivity contribution in [3.63, 3.8) is 0 Å². The average Bonchev–Trinajstić information content (AvgIpc) is 2.86. The van der Waals surface area contributed by atoms with Crippen LogP contribution in [0.3, 0.4) is 0 Å². The van der Waals surface area contributed by atoms with Gasteiger partial charge < -0.3 is 10.6 Å². The molecule has 1 aromatic rings. The number of hydrogen-bond acceptors (Lipinski definition) is 5. The Balaban J connectivity index is 0.00000242. The first-order chi connectivity index (χ1) is 10.1. The molecule has 0 saturated carbocycles. The molecular formula is C14H21ClN4O3. The second-order valence-corrected chi connectivity index (χ2v) is 5.15. The molecule has 2 rings (SSSR count). The number of para-hydroxylation sites is 2. The highest BCUT2D eigenvalue weighted by Gasteiger charge is 2.26. The molecular weight excluding hydrogens is 308 g/mol. The third-order valence-electron chi connectivity index (χ3n) is 3.66. The number of carbonyl (C=O) groups is 1. The number of likely N-dealkylation sites (tertiary alicyclic amines) is 1. The van der Waals surface area contributed by atoms with Gasteiger partial charge in [0.25, 0.3) is 5.69 Å². The van der Waals surface area contributed by atoms with E-state index in [2.05, 4.69) is 15.5 Å². The van der Waals surface area contributed by atoms with Crippen LogP contribution in [-0.4, -0.2) is 48.5 Å². The lowest BCUT2D eigenvalue weighted by molar-refractivity contribution is -0.383. The van der Waals surface area contributed by atoms with E-state index in [-0.39, 0.29) is 36.2 Å². The van der Waals surface area contributed by atoms with Crippen molar-refractivity contribution in [1.82, 2.24) is 10.2 Å². The van der Waals surface area contributed by atoms with Crippen molar-refractivity contribution >= 4 is 29.7 Å². The maximum atomic E-state index is 12.1. The molecule has 0 radical (unpaired) electrons. The van der Waals surface area contributed by atoms with Gasteiger partial charge >= 0.3 is 0 Å². The van der Waals surface area contributed by atoms with Gasteiger partial charge in [0, 0.05) is 18.7 Å². The first kappa shape index (κ1) is 18.3. The second-order valence-electron chi connectivity index (χ2n) is 5.15. The summed E-state index contributed by atoms with van der Waals surface area (Å²) in [6, 6.07) is 6.53. The van der Waals surface area contributed by atoms with E-state index >= 15 is 0 Å². The molecule has 122 valence electrons. The maximum absolute atomic E-state index is 12.1. The highest BCUT2D eigenvalue weighted by Crippen LogP contribution is 2.23. The van der Waals surface area contributed by atoms with Crippen LogP contribution < -0.4 is 10.6 Å². The summed E-state index contributed by atoms with van der Waals surface area (Å²) in [6.07, 6.45) is 2.14. The van der Waals surface area contributed by atoms with Gasteiger partial charge in [0.1, 0.15) is 5.69 Å². The molecule has 0 aromatic heterocycles. The number of nitro benzene ring substituents is 1. The standard InChI is InChI=1S/C14H20N4O3.ClH/c1-15-9-11-5-4-8-17(11)10-14(19)16-12-6-2-3-7-13(12)18(20)21;/h2-3,6-7,11,15H,4-5,8-10H2,1H3,(H,16,19);1H. The van der Waals surface area contributed by atoms with Gasteiger partial charge in [-0.15, -0.1) is 12.4 Å². The van der Waals surface area contributed by atoms with Crippen LogP contribution >= 0.6 is 12.4 Å². The summed E-state index contributed by atoms with van der Waals surface area (Å²) in [5.74, 6) is -0.215. The number of nitro groups is 1. The fourth-order valence-corrected chi connectivity index (χ4v) is 2.68. The number of halogens is 1. The number of nitrogens with one attached hydrogen (secondary N) is 2. The fourth-order valence-electron chi connectivity index (χ4n) is 2.68. The first-order valence-electron chi connectivity index (χ1n) is 7.03. The van der Waals surface area contributed by atoms with Crippen LogP contribution in [0.5, 0.6) is 0 Å². The molecule has 0 aliphatic carbocycles. The lowest BCUT2D eigenvalue weighted by Gasteiger charge is -2.23. The molecule has 1 heterocycles. The lowest BCUT2D eigenvalue weighted by atomic mass is 10.2. The lowest BCUT2D eigenvalue weighted by Crippen LogP contribution is -2.41. The van der Waals surface area contributed by atoms with Gasteiger partial charge in [0.15, 0.2) is 0 Å². The molecule has 1 aromatic carbocycles. The monoisotopic (exact) mass is 328 g/mol. The second kappa shape index (κ2) is 8.67. The van der Waals surface area contributed by atoms with Crippen molar-refractivity contribution in [1.29, 1.82) is 0 Å². The molecule has 0 bridgehead atoms. The molecule has 1 unspecified atom stereocenters. The third kappa shape index (κ3) is 4.66. The van der Waals surface area contributed by atoms with Crippen molar-refractivity contribution in [2.75, 3.05) is 32.0 Å². The molecule has 0 spiro atoms. The fraction of sp³-hybridized carbons (Fsp3) is 0.500. The molecule has 1 atom stereocenters. The summed E-state index contributed by atoms with van der Waals surface area (Å²) < 4.78 is 0. The Morgan fingerprint density at radius 1 is 1.45 bits per heavy atom. The van der Waals surface area contributed by atoms with Crippen LogP contribution in [0.2, 0.25) is 0 Å². The summed E-state index contributed by atoms with van der Waals surface area (Å²) in [7, 11) is 1.89.